The van der Waals surface area contributed by atoms with Gasteiger partial charge in [-0.2, -0.15) is 0 Å². The van der Waals surface area contributed by atoms with E-state index in [1.54, 1.807) is 31.4 Å². The third kappa shape index (κ3) is 5.30. The molecule has 7 nitrogen and oxygen atoms in total. The van der Waals surface area contributed by atoms with E-state index in [-0.39, 0.29) is 11.5 Å². The van der Waals surface area contributed by atoms with E-state index in [9.17, 15) is 14.7 Å². The lowest BCUT2D eigenvalue weighted by Crippen LogP contribution is -2.33. The molecule has 0 radical (unpaired) electrons. The van der Waals surface area contributed by atoms with Crippen molar-refractivity contribution in [2.45, 2.75) is 25.7 Å². The minimum Gasteiger partial charge on any atom is -0.497 e. The molecule has 184 valence electrons. The number of aliphatic imine (C=N–C) groups is 1. The molecule has 0 aliphatic carbocycles. The molecule has 4 rings (SSSR count). The van der Waals surface area contributed by atoms with Crippen molar-refractivity contribution in [3.8, 4) is 17.3 Å². The molecule has 0 aliphatic rings. The van der Waals surface area contributed by atoms with Gasteiger partial charge in [0.1, 0.15) is 11.3 Å². The highest BCUT2D eigenvalue weighted by molar-refractivity contribution is 6.02. The lowest BCUT2D eigenvalue weighted by molar-refractivity contribution is 0.414. The van der Waals surface area contributed by atoms with E-state index in [1.165, 1.54) is 11.1 Å². The zero-order valence-electron chi connectivity index (χ0n) is 20.3. The smallest absolute Gasteiger partial charge is 0.335 e. The second-order valence-electron chi connectivity index (χ2n) is 8.34. The van der Waals surface area contributed by atoms with E-state index in [2.05, 4.69) is 29.2 Å². The number of aromatic amines is 1. The first-order valence-corrected chi connectivity index (χ1v) is 11.9. The molecule has 0 bridgehead atoms. The topological polar surface area (TPSA) is 96.7 Å². The van der Waals surface area contributed by atoms with Crippen LogP contribution in [0.2, 0.25) is 0 Å². The molecule has 0 spiro atoms. The predicted molar refractivity (Wildman–Crippen MR) is 142 cm³/mol. The Kier molecular flexibility index (Phi) is 7.80. The van der Waals surface area contributed by atoms with Crippen molar-refractivity contribution in [1.82, 2.24) is 9.55 Å². The van der Waals surface area contributed by atoms with Gasteiger partial charge in [0.05, 0.1) is 18.5 Å². The number of aromatic nitrogens is 2. The number of nitrogens with zero attached hydrogens (tertiary/aromatic N) is 2. The molecule has 1 heterocycles. The number of aromatic hydroxyl groups is 1. The quantitative estimate of drug-likeness (QED) is 0.338. The monoisotopic (exact) mass is 483 g/mol. The van der Waals surface area contributed by atoms with Gasteiger partial charge in [-0.15, -0.1) is 0 Å². The average molecular weight is 484 g/mol. The molecule has 0 atom stereocenters. The summed E-state index contributed by atoms with van der Waals surface area (Å²) in [5.74, 6) is 0.310. The van der Waals surface area contributed by atoms with Crippen LogP contribution in [0.4, 0.5) is 0 Å². The fourth-order valence-corrected chi connectivity index (χ4v) is 4.35. The highest BCUT2D eigenvalue weighted by Gasteiger charge is 2.20. The molecular weight excluding hydrogens is 454 g/mol. The van der Waals surface area contributed by atoms with E-state index in [0.29, 0.717) is 36.5 Å². The van der Waals surface area contributed by atoms with E-state index in [0.717, 1.165) is 4.57 Å². The van der Waals surface area contributed by atoms with Gasteiger partial charge in [-0.25, -0.2) is 9.36 Å². The van der Waals surface area contributed by atoms with Crippen LogP contribution in [0.15, 0.2) is 99.5 Å². The highest BCUT2D eigenvalue weighted by Crippen LogP contribution is 2.28. The third-order valence-corrected chi connectivity index (χ3v) is 6.16. The second kappa shape index (κ2) is 11.4. The molecule has 2 N–H and O–H groups in total. The van der Waals surface area contributed by atoms with Crippen molar-refractivity contribution in [1.29, 1.82) is 0 Å². The number of hydrogen-bond donors (Lipinski definition) is 2. The maximum Gasteiger partial charge on any atom is 0.335 e. The lowest BCUT2D eigenvalue weighted by Gasteiger charge is -2.18. The van der Waals surface area contributed by atoms with Crippen LogP contribution < -0.4 is 16.0 Å². The number of nitrogens with one attached hydrogen (secondary N) is 1. The van der Waals surface area contributed by atoms with Crippen molar-refractivity contribution in [2.75, 3.05) is 13.7 Å². The maximum atomic E-state index is 12.8. The van der Waals surface area contributed by atoms with Gasteiger partial charge in [0.2, 0.25) is 5.88 Å². The first-order chi connectivity index (χ1) is 17.5. The molecular formula is C29H29N3O4. The molecule has 3 aromatic carbocycles. The Bertz CT molecular complexity index is 1400. The highest BCUT2D eigenvalue weighted by atomic mass is 16.5. The molecule has 0 fully saturated rings. The summed E-state index contributed by atoms with van der Waals surface area (Å²) in [5.41, 5.74) is 1.83. The van der Waals surface area contributed by atoms with Gasteiger partial charge in [0, 0.05) is 12.5 Å². The van der Waals surface area contributed by atoms with Crippen LogP contribution >= 0.6 is 0 Å². The summed E-state index contributed by atoms with van der Waals surface area (Å²) in [4.78, 5) is 32.4. The number of ether oxygens (including phenoxy) is 1. The summed E-state index contributed by atoms with van der Waals surface area (Å²) < 4.78 is 6.23. The number of H-pyrrole nitrogens is 1. The average Bonchev–Trinajstić information content (AvgIpc) is 2.91. The molecule has 0 amide bonds. The van der Waals surface area contributed by atoms with Crippen molar-refractivity contribution in [3.63, 3.8) is 0 Å². The summed E-state index contributed by atoms with van der Waals surface area (Å²) in [6, 6.07) is 27.1. The number of rotatable bonds is 9. The van der Waals surface area contributed by atoms with Gasteiger partial charge in [-0.3, -0.25) is 14.8 Å². The van der Waals surface area contributed by atoms with E-state index in [1.807, 2.05) is 43.3 Å². The van der Waals surface area contributed by atoms with Crippen LogP contribution in [0.1, 0.15) is 42.4 Å². The molecule has 1 aromatic heterocycles. The standard InChI is InChI=1S/C29H29N3O4/c1-3-25(30-19-18-24(20-10-6-4-7-11-20)21-12-8-5-9-13-21)26-27(33)31-29(35)32(28(26)34)22-14-16-23(36-2)17-15-22/h4-17,24,34H,3,18-19H2,1-2H3,(H,31,33,35). The number of hydrogen-bond acceptors (Lipinski definition) is 5. The molecule has 36 heavy (non-hydrogen) atoms. The van der Waals surface area contributed by atoms with Crippen molar-refractivity contribution in [3.05, 3.63) is 122 Å². The maximum absolute atomic E-state index is 12.8. The zero-order chi connectivity index (χ0) is 25.5. The first kappa shape index (κ1) is 24.7. The summed E-state index contributed by atoms with van der Waals surface area (Å²) in [6.45, 7) is 2.31. The van der Waals surface area contributed by atoms with Gasteiger partial charge in [0.15, 0.2) is 0 Å². The fourth-order valence-electron chi connectivity index (χ4n) is 4.35. The zero-order valence-corrected chi connectivity index (χ0v) is 20.3. The summed E-state index contributed by atoms with van der Waals surface area (Å²) in [5, 5.41) is 11.0. The van der Waals surface area contributed by atoms with Gasteiger partial charge in [-0.05, 0) is 48.2 Å². The normalized spacial score (nSPS) is 11.6. The molecule has 7 heteroatoms. The van der Waals surface area contributed by atoms with Crippen LogP contribution in [-0.2, 0) is 0 Å². The fraction of sp³-hybridized carbons (Fsp3) is 0.207. The molecule has 4 aromatic rings. The molecule has 0 saturated heterocycles. The van der Waals surface area contributed by atoms with Gasteiger partial charge in [0.25, 0.3) is 5.56 Å². The van der Waals surface area contributed by atoms with Crippen molar-refractivity contribution < 1.29 is 9.84 Å². The Morgan fingerprint density at radius 3 is 2.06 bits per heavy atom. The van der Waals surface area contributed by atoms with Crippen LogP contribution in [0, 0.1) is 0 Å². The largest absolute Gasteiger partial charge is 0.497 e. The van der Waals surface area contributed by atoms with E-state index >= 15 is 0 Å². The Morgan fingerprint density at radius 1 is 0.944 bits per heavy atom. The van der Waals surface area contributed by atoms with Crippen molar-refractivity contribution >= 4 is 5.71 Å². The Hall–Kier alpha value is -4.39. The van der Waals surface area contributed by atoms with Gasteiger partial charge < -0.3 is 9.84 Å². The molecule has 0 saturated carbocycles. The lowest BCUT2D eigenvalue weighted by atomic mass is 9.88. The minimum atomic E-state index is -0.727. The SMILES string of the molecule is CCC(=NCCC(c1ccccc1)c1ccccc1)c1c(O)n(-c2ccc(OC)cc2)c(=O)[nH]c1=O. The van der Waals surface area contributed by atoms with Crippen LogP contribution in [-0.4, -0.2) is 34.0 Å². The number of benzene rings is 3. The first-order valence-electron chi connectivity index (χ1n) is 11.9. The second-order valence-corrected chi connectivity index (χ2v) is 8.34. The van der Waals surface area contributed by atoms with Crippen LogP contribution in [0.3, 0.4) is 0 Å². The van der Waals surface area contributed by atoms with Crippen LogP contribution in [0.25, 0.3) is 5.69 Å². The Morgan fingerprint density at radius 2 is 1.53 bits per heavy atom. The summed E-state index contributed by atoms with van der Waals surface area (Å²) in [6.07, 6.45) is 1.13. The van der Waals surface area contributed by atoms with Crippen molar-refractivity contribution in [2.24, 2.45) is 4.99 Å². The number of methoxy groups -OCH3 is 1. The predicted octanol–water partition coefficient (Wildman–Crippen LogP) is 4.66. The summed E-state index contributed by atoms with van der Waals surface area (Å²) >= 11 is 0. The Balaban J connectivity index is 1.67. The molecule has 0 unspecified atom stereocenters. The van der Waals surface area contributed by atoms with Crippen LogP contribution in [0.5, 0.6) is 11.6 Å². The Labute approximate surface area is 209 Å². The van der Waals surface area contributed by atoms with Gasteiger partial charge in [-0.1, -0.05) is 67.6 Å². The van der Waals surface area contributed by atoms with E-state index < -0.39 is 17.1 Å². The summed E-state index contributed by atoms with van der Waals surface area (Å²) in [7, 11) is 1.54. The molecule has 0 aliphatic heterocycles. The third-order valence-electron chi connectivity index (χ3n) is 6.16. The minimum absolute atomic E-state index is 0.00360. The van der Waals surface area contributed by atoms with Gasteiger partial charge >= 0.3 is 5.69 Å². The van der Waals surface area contributed by atoms with E-state index in [4.69, 9.17) is 9.73 Å².